The topological polar surface area (TPSA) is 104 Å². The van der Waals surface area contributed by atoms with Crippen molar-refractivity contribution >= 4 is 49.2 Å². The van der Waals surface area contributed by atoms with Crippen LogP contribution in [0.25, 0.3) is 0 Å². The van der Waals surface area contributed by atoms with Gasteiger partial charge in [0.2, 0.25) is 15.9 Å². The van der Waals surface area contributed by atoms with E-state index in [0.717, 1.165) is 21.7 Å². The smallest absolute Gasteiger partial charge is 0.345 e. The molecule has 1 amide bonds. The Morgan fingerprint density at radius 3 is 2.67 bits per heavy atom. The lowest BCUT2D eigenvalue weighted by molar-refractivity contribution is -0.131. The van der Waals surface area contributed by atoms with Crippen molar-refractivity contribution in [1.82, 2.24) is 9.62 Å². The second kappa shape index (κ2) is 5.34. The lowest BCUT2D eigenvalue weighted by atomic mass is 10.0. The van der Waals surface area contributed by atoms with E-state index >= 15 is 0 Å². The third-order valence-electron chi connectivity index (χ3n) is 3.21. The summed E-state index contributed by atoms with van der Waals surface area (Å²) < 4.78 is 26.8. The number of carbonyl (C=O) groups is 2. The monoisotopic (exact) mass is 396 g/mol. The summed E-state index contributed by atoms with van der Waals surface area (Å²) in [5.41, 5.74) is -1.23. The van der Waals surface area contributed by atoms with Crippen LogP contribution >= 0.6 is 27.3 Å². The van der Waals surface area contributed by atoms with Gasteiger partial charge in [-0.3, -0.25) is 4.79 Å². The van der Waals surface area contributed by atoms with Crippen LogP contribution in [0.1, 0.15) is 23.5 Å². The first-order valence-corrected chi connectivity index (χ1v) is 8.97. The molecule has 21 heavy (non-hydrogen) atoms. The fourth-order valence-electron chi connectivity index (χ4n) is 2.05. The molecule has 1 aromatic heterocycles. The lowest BCUT2D eigenvalue weighted by Gasteiger charge is -2.39. The molecule has 2 heterocycles. The Balaban J connectivity index is 2.51. The van der Waals surface area contributed by atoms with E-state index in [2.05, 4.69) is 21.2 Å². The van der Waals surface area contributed by atoms with Crippen LogP contribution < -0.4 is 5.32 Å². The molecule has 1 saturated heterocycles. The minimum atomic E-state index is -3.97. The predicted octanol–water partition coefficient (Wildman–Crippen LogP) is 1.11. The Kier molecular flexibility index (Phi) is 4.17. The van der Waals surface area contributed by atoms with Gasteiger partial charge in [0.25, 0.3) is 0 Å². The van der Waals surface area contributed by atoms with E-state index in [0.29, 0.717) is 0 Å². The molecule has 0 aromatic carbocycles. The van der Waals surface area contributed by atoms with Crippen molar-refractivity contribution in [2.45, 2.75) is 24.3 Å². The number of carboxylic acids is 1. The van der Waals surface area contributed by atoms with Gasteiger partial charge in [0.05, 0.1) is 3.79 Å². The Bertz CT molecular complexity index is 710. The molecule has 2 N–H and O–H groups in total. The molecule has 1 aliphatic heterocycles. The van der Waals surface area contributed by atoms with Crippen molar-refractivity contribution in [3.63, 3.8) is 0 Å². The second-order valence-electron chi connectivity index (χ2n) is 4.95. The number of aromatic carboxylic acids is 1. The third kappa shape index (κ3) is 2.72. The summed E-state index contributed by atoms with van der Waals surface area (Å²) in [4.78, 5) is 22.6. The van der Waals surface area contributed by atoms with E-state index in [4.69, 9.17) is 5.11 Å². The van der Waals surface area contributed by atoms with E-state index in [1.807, 2.05) is 0 Å². The van der Waals surface area contributed by atoms with Crippen molar-refractivity contribution in [3.05, 3.63) is 14.7 Å². The molecule has 1 fully saturated rings. The van der Waals surface area contributed by atoms with Gasteiger partial charge in [-0.15, -0.1) is 11.3 Å². The van der Waals surface area contributed by atoms with Gasteiger partial charge in [0, 0.05) is 13.1 Å². The van der Waals surface area contributed by atoms with E-state index in [9.17, 15) is 18.0 Å². The van der Waals surface area contributed by atoms with E-state index in [1.54, 1.807) is 0 Å². The zero-order valence-corrected chi connectivity index (χ0v) is 14.4. The minimum absolute atomic E-state index is 0.0836. The SMILES string of the molecule is CC1(C)C(=O)NCCN1S(=O)(=O)c1cc(C(=O)O)sc1Br. The summed E-state index contributed by atoms with van der Waals surface area (Å²) in [5, 5.41) is 11.6. The number of sulfonamides is 1. The number of hydrogen-bond donors (Lipinski definition) is 2. The molecule has 1 aromatic rings. The average molecular weight is 397 g/mol. The fourth-order valence-corrected chi connectivity index (χ4v) is 6.16. The number of thiophene rings is 1. The van der Waals surface area contributed by atoms with Gasteiger partial charge < -0.3 is 10.4 Å². The maximum absolute atomic E-state index is 12.7. The average Bonchev–Trinajstić information content (AvgIpc) is 2.75. The molecule has 0 bridgehead atoms. The molecular weight excluding hydrogens is 384 g/mol. The number of carbonyl (C=O) groups excluding carboxylic acids is 1. The molecule has 0 atom stereocenters. The van der Waals surface area contributed by atoms with Crippen molar-refractivity contribution in [2.75, 3.05) is 13.1 Å². The van der Waals surface area contributed by atoms with Crippen molar-refractivity contribution in [3.8, 4) is 0 Å². The first kappa shape index (κ1) is 16.4. The summed E-state index contributed by atoms with van der Waals surface area (Å²) in [7, 11) is -3.97. The Morgan fingerprint density at radius 1 is 1.52 bits per heavy atom. The Morgan fingerprint density at radius 2 is 2.14 bits per heavy atom. The summed E-state index contributed by atoms with van der Waals surface area (Å²) in [6.07, 6.45) is 0. The highest BCUT2D eigenvalue weighted by Gasteiger charge is 2.45. The standard InChI is InChI=1S/C11H13BrN2O5S2/c1-11(2)10(17)13-3-4-14(11)21(18,19)7-5-6(9(15)16)20-8(7)12/h5H,3-4H2,1-2H3,(H,13,17)(H,15,16). The van der Waals surface area contributed by atoms with Crippen LogP contribution in [0.5, 0.6) is 0 Å². The van der Waals surface area contributed by atoms with E-state index in [-0.39, 0.29) is 32.6 Å². The van der Waals surface area contributed by atoms with Gasteiger partial charge in [0.15, 0.2) is 0 Å². The molecule has 10 heteroatoms. The van der Waals surface area contributed by atoms with Crippen LogP contribution in [0.15, 0.2) is 14.7 Å². The third-order valence-corrected chi connectivity index (χ3v) is 7.53. The van der Waals surface area contributed by atoms with Gasteiger partial charge in [-0.25, -0.2) is 13.2 Å². The summed E-state index contributed by atoms with van der Waals surface area (Å²) in [6, 6.07) is 1.11. The Hall–Kier alpha value is -0.970. The number of nitrogens with one attached hydrogen (secondary N) is 1. The number of rotatable bonds is 3. The van der Waals surface area contributed by atoms with Crippen molar-refractivity contribution in [1.29, 1.82) is 0 Å². The quantitative estimate of drug-likeness (QED) is 0.795. The van der Waals surface area contributed by atoms with Crippen LogP contribution in [0.3, 0.4) is 0 Å². The van der Waals surface area contributed by atoms with Crippen LogP contribution in [0.2, 0.25) is 0 Å². The number of hydrogen-bond acceptors (Lipinski definition) is 5. The Labute approximate surface area is 134 Å². The van der Waals surface area contributed by atoms with Crippen LogP contribution in [0, 0.1) is 0 Å². The molecule has 2 rings (SSSR count). The van der Waals surface area contributed by atoms with Crippen molar-refractivity contribution < 1.29 is 23.1 Å². The lowest BCUT2D eigenvalue weighted by Crippen LogP contribution is -2.63. The highest BCUT2D eigenvalue weighted by molar-refractivity contribution is 9.11. The van der Waals surface area contributed by atoms with Gasteiger partial charge >= 0.3 is 5.97 Å². The zero-order chi connectivity index (χ0) is 16.0. The minimum Gasteiger partial charge on any atom is -0.477 e. The van der Waals surface area contributed by atoms with Gasteiger partial charge in [-0.1, -0.05) is 0 Å². The molecule has 7 nitrogen and oxygen atoms in total. The second-order valence-corrected chi connectivity index (χ2v) is 9.15. The van der Waals surface area contributed by atoms with Crippen molar-refractivity contribution in [2.24, 2.45) is 0 Å². The molecule has 0 unspecified atom stereocenters. The van der Waals surface area contributed by atoms with Crippen LogP contribution in [0.4, 0.5) is 0 Å². The van der Waals surface area contributed by atoms with Crippen LogP contribution in [-0.2, 0) is 14.8 Å². The van der Waals surface area contributed by atoms with E-state index in [1.165, 1.54) is 13.8 Å². The number of nitrogens with zero attached hydrogens (tertiary/aromatic N) is 1. The highest BCUT2D eigenvalue weighted by atomic mass is 79.9. The number of amides is 1. The zero-order valence-electron chi connectivity index (χ0n) is 11.2. The summed E-state index contributed by atoms with van der Waals surface area (Å²) >= 11 is 3.91. The maximum atomic E-state index is 12.7. The fraction of sp³-hybridized carbons (Fsp3) is 0.455. The highest BCUT2D eigenvalue weighted by Crippen LogP contribution is 2.36. The van der Waals surface area contributed by atoms with Gasteiger partial charge in [-0.2, -0.15) is 4.31 Å². The molecule has 0 radical (unpaired) electrons. The number of piperazine rings is 1. The molecule has 0 spiro atoms. The predicted molar refractivity (Wildman–Crippen MR) is 80.0 cm³/mol. The number of carboxylic acid groups (broad SMARTS) is 1. The number of halogens is 1. The van der Waals surface area contributed by atoms with Gasteiger partial charge in [-0.05, 0) is 35.8 Å². The van der Waals surface area contributed by atoms with E-state index < -0.39 is 21.5 Å². The first-order chi connectivity index (χ1) is 9.58. The molecule has 1 aliphatic rings. The molecule has 0 aliphatic carbocycles. The molecular formula is C11H13BrN2O5S2. The molecule has 0 saturated carbocycles. The summed E-state index contributed by atoms with van der Waals surface area (Å²) in [5.74, 6) is -1.58. The normalized spacial score (nSPS) is 19.3. The summed E-state index contributed by atoms with van der Waals surface area (Å²) in [6.45, 7) is 3.37. The molecule has 116 valence electrons. The van der Waals surface area contributed by atoms with Gasteiger partial charge in [0.1, 0.15) is 15.3 Å². The maximum Gasteiger partial charge on any atom is 0.345 e. The van der Waals surface area contributed by atoms with Crippen LogP contribution in [-0.4, -0.2) is 48.3 Å². The largest absolute Gasteiger partial charge is 0.477 e. The first-order valence-electron chi connectivity index (χ1n) is 5.92.